The van der Waals surface area contributed by atoms with E-state index in [9.17, 15) is 18.4 Å². The summed E-state index contributed by atoms with van der Waals surface area (Å²) in [6.45, 7) is 1.72. The molecule has 1 saturated heterocycles. The molecule has 2 aromatic rings. The number of nitrogens with zero attached hydrogens (tertiary/aromatic N) is 1. The quantitative estimate of drug-likeness (QED) is 0.637. The lowest BCUT2D eigenvalue weighted by atomic mass is 9.95. The van der Waals surface area contributed by atoms with Gasteiger partial charge in [-0.25, -0.2) is 14.2 Å². The topological polar surface area (TPSA) is 91.8 Å². The van der Waals surface area contributed by atoms with Gasteiger partial charge in [-0.3, -0.25) is 9.59 Å². The van der Waals surface area contributed by atoms with Crippen molar-refractivity contribution >= 4 is 29.1 Å². The lowest BCUT2D eigenvalue weighted by molar-refractivity contribution is -0.119. The molecule has 10 heteroatoms. The van der Waals surface area contributed by atoms with E-state index in [-0.39, 0.29) is 35.4 Å². The van der Waals surface area contributed by atoms with Gasteiger partial charge >= 0.3 is 0 Å². The molecular formula is C22H21ClF2N4O3. The molecule has 3 N–H and O–H groups in total. The van der Waals surface area contributed by atoms with Gasteiger partial charge in [0.05, 0.1) is 35.4 Å². The summed E-state index contributed by atoms with van der Waals surface area (Å²) in [6.07, 6.45) is -0.407. The fourth-order valence-electron chi connectivity index (χ4n) is 3.75. The standard InChI is InChI=1S/C22H21ClF2N4O3/c23-16-3-1-13(8-18(16)25)21-14(10-26-5-6-32-21)11-27-22(31)15-7-12(2-4-17(15)24)19-9-20(30)29-28-19/h1-4,7-8,14,21,26H,5-6,9-11H2,(H,27,31)(H,29,30)/t14-,21-/m0/s1. The van der Waals surface area contributed by atoms with Crippen LogP contribution in [0.4, 0.5) is 8.78 Å². The van der Waals surface area contributed by atoms with Gasteiger partial charge in [-0.1, -0.05) is 23.7 Å². The molecule has 2 atom stereocenters. The highest BCUT2D eigenvalue weighted by atomic mass is 35.5. The number of nitrogens with one attached hydrogen (secondary N) is 3. The molecule has 2 amide bonds. The molecule has 0 aliphatic carbocycles. The first-order valence-electron chi connectivity index (χ1n) is 10.1. The highest BCUT2D eigenvalue weighted by molar-refractivity contribution is 6.30. The average molecular weight is 463 g/mol. The SMILES string of the molecule is O=C1CC(c2ccc(F)c(C(=O)NC[C@@H]3CNCCO[C@H]3c3ccc(Cl)c(F)c3)c2)=NN1. The summed E-state index contributed by atoms with van der Waals surface area (Å²) >= 11 is 5.79. The number of hydrogen-bond donors (Lipinski definition) is 3. The fourth-order valence-corrected chi connectivity index (χ4v) is 3.87. The summed E-state index contributed by atoms with van der Waals surface area (Å²) in [5.74, 6) is -2.33. The molecule has 7 nitrogen and oxygen atoms in total. The van der Waals surface area contributed by atoms with Crippen LogP contribution in [-0.2, 0) is 9.53 Å². The van der Waals surface area contributed by atoms with Gasteiger partial charge in [-0.05, 0) is 35.4 Å². The number of carbonyl (C=O) groups excluding carboxylic acids is 2. The third kappa shape index (κ3) is 4.95. The first-order valence-corrected chi connectivity index (χ1v) is 10.5. The van der Waals surface area contributed by atoms with Gasteiger partial charge in [0.1, 0.15) is 11.6 Å². The molecule has 4 rings (SSSR count). The van der Waals surface area contributed by atoms with E-state index in [1.807, 2.05) is 0 Å². The van der Waals surface area contributed by atoms with Gasteiger partial charge < -0.3 is 15.4 Å². The Morgan fingerprint density at radius 1 is 1.22 bits per heavy atom. The lowest BCUT2D eigenvalue weighted by Gasteiger charge is -2.25. The zero-order chi connectivity index (χ0) is 22.7. The lowest BCUT2D eigenvalue weighted by Crippen LogP contribution is -2.36. The number of rotatable bonds is 5. The van der Waals surface area contributed by atoms with Gasteiger partial charge in [-0.15, -0.1) is 0 Å². The predicted octanol–water partition coefficient (Wildman–Crippen LogP) is 2.55. The summed E-state index contributed by atoms with van der Waals surface area (Å²) in [7, 11) is 0. The first-order chi connectivity index (χ1) is 15.4. The average Bonchev–Trinajstić information content (AvgIpc) is 3.08. The molecule has 0 spiro atoms. The third-order valence-corrected chi connectivity index (χ3v) is 5.70. The Morgan fingerprint density at radius 2 is 2.06 bits per heavy atom. The van der Waals surface area contributed by atoms with E-state index in [1.165, 1.54) is 30.3 Å². The summed E-state index contributed by atoms with van der Waals surface area (Å²) in [5.41, 5.74) is 3.72. The summed E-state index contributed by atoms with van der Waals surface area (Å²) in [6, 6.07) is 8.50. The number of hydrazone groups is 1. The molecule has 32 heavy (non-hydrogen) atoms. The number of amides is 2. The van der Waals surface area contributed by atoms with Gasteiger partial charge in [-0.2, -0.15) is 5.10 Å². The molecule has 2 aromatic carbocycles. The van der Waals surface area contributed by atoms with E-state index < -0.39 is 23.6 Å². The second kappa shape index (κ2) is 9.72. The van der Waals surface area contributed by atoms with Crippen LogP contribution in [0.2, 0.25) is 5.02 Å². The largest absolute Gasteiger partial charge is 0.372 e. The Labute approximate surface area is 188 Å². The van der Waals surface area contributed by atoms with Crippen molar-refractivity contribution < 1.29 is 23.1 Å². The van der Waals surface area contributed by atoms with Crippen molar-refractivity contribution in [2.75, 3.05) is 26.2 Å². The smallest absolute Gasteiger partial charge is 0.254 e. The van der Waals surface area contributed by atoms with Crippen molar-refractivity contribution in [2.24, 2.45) is 11.0 Å². The maximum Gasteiger partial charge on any atom is 0.254 e. The number of hydrogen-bond acceptors (Lipinski definition) is 5. The molecule has 1 fully saturated rings. The Bertz CT molecular complexity index is 1080. The fraction of sp³-hybridized carbons (Fsp3) is 0.318. The van der Waals surface area contributed by atoms with Crippen molar-refractivity contribution in [2.45, 2.75) is 12.5 Å². The van der Waals surface area contributed by atoms with E-state index in [0.29, 0.717) is 36.5 Å². The van der Waals surface area contributed by atoms with Crippen molar-refractivity contribution in [1.82, 2.24) is 16.1 Å². The van der Waals surface area contributed by atoms with Crippen LogP contribution in [0.3, 0.4) is 0 Å². The van der Waals surface area contributed by atoms with Crippen LogP contribution < -0.4 is 16.1 Å². The summed E-state index contributed by atoms with van der Waals surface area (Å²) in [4.78, 5) is 24.1. The van der Waals surface area contributed by atoms with E-state index in [1.54, 1.807) is 6.07 Å². The van der Waals surface area contributed by atoms with Crippen LogP contribution in [0.1, 0.15) is 34.0 Å². The first kappa shape index (κ1) is 22.3. The highest BCUT2D eigenvalue weighted by Gasteiger charge is 2.28. The van der Waals surface area contributed by atoms with Gasteiger partial charge in [0, 0.05) is 25.6 Å². The van der Waals surface area contributed by atoms with Gasteiger partial charge in [0.15, 0.2) is 0 Å². The van der Waals surface area contributed by atoms with E-state index in [0.717, 1.165) is 0 Å². The Kier molecular flexibility index (Phi) is 6.78. The Morgan fingerprint density at radius 3 is 2.81 bits per heavy atom. The zero-order valence-corrected chi connectivity index (χ0v) is 17.7. The minimum Gasteiger partial charge on any atom is -0.372 e. The molecule has 2 aliphatic rings. The van der Waals surface area contributed by atoms with E-state index in [2.05, 4.69) is 21.2 Å². The molecule has 2 aliphatic heterocycles. The highest BCUT2D eigenvalue weighted by Crippen LogP contribution is 2.29. The molecule has 0 bridgehead atoms. The van der Waals surface area contributed by atoms with Crippen LogP contribution >= 0.6 is 11.6 Å². The van der Waals surface area contributed by atoms with Crippen LogP contribution in [-0.4, -0.2) is 43.8 Å². The number of halogens is 3. The van der Waals surface area contributed by atoms with Crippen LogP contribution in [0.5, 0.6) is 0 Å². The molecule has 0 unspecified atom stereocenters. The van der Waals surface area contributed by atoms with Crippen molar-refractivity contribution in [3.8, 4) is 0 Å². The number of carbonyl (C=O) groups is 2. The van der Waals surface area contributed by atoms with Crippen LogP contribution in [0, 0.1) is 17.6 Å². The monoisotopic (exact) mass is 462 g/mol. The number of ether oxygens (including phenoxy) is 1. The molecular weight excluding hydrogens is 442 g/mol. The maximum absolute atomic E-state index is 14.4. The molecule has 0 aromatic heterocycles. The van der Waals surface area contributed by atoms with Crippen LogP contribution in [0.25, 0.3) is 0 Å². The Balaban J connectivity index is 1.49. The third-order valence-electron chi connectivity index (χ3n) is 5.40. The predicted molar refractivity (Wildman–Crippen MR) is 114 cm³/mol. The normalized spacial score (nSPS) is 21.0. The molecule has 168 valence electrons. The van der Waals surface area contributed by atoms with Crippen molar-refractivity contribution in [3.05, 3.63) is 69.7 Å². The second-order valence-corrected chi connectivity index (χ2v) is 8.01. The summed E-state index contributed by atoms with van der Waals surface area (Å²) in [5, 5.41) is 9.89. The molecule has 0 radical (unpaired) electrons. The molecule has 2 heterocycles. The van der Waals surface area contributed by atoms with Gasteiger partial charge in [0.2, 0.25) is 5.91 Å². The minimum absolute atomic E-state index is 0.0180. The van der Waals surface area contributed by atoms with E-state index in [4.69, 9.17) is 16.3 Å². The van der Waals surface area contributed by atoms with Crippen molar-refractivity contribution in [1.29, 1.82) is 0 Å². The zero-order valence-electron chi connectivity index (χ0n) is 17.0. The van der Waals surface area contributed by atoms with Crippen LogP contribution in [0.15, 0.2) is 41.5 Å². The van der Waals surface area contributed by atoms with E-state index >= 15 is 0 Å². The summed E-state index contributed by atoms with van der Waals surface area (Å²) < 4.78 is 34.2. The molecule has 0 saturated carbocycles. The minimum atomic E-state index is -0.685. The Hall–Kier alpha value is -2.88. The second-order valence-electron chi connectivity index (χ2n) is 7.60. The van der Waals surface area contributed by atoms with Crippen molar-refractivity contribution in [3.63, 3.8) is 0 Å². The maximum atomic E-state index is 14.4. The number of benzene rings is 2. The van der Waals surface area contributed by atoms with Gasteiger partial charge in [0.25, 0.3) is 5.91 Å².